The van der Waals surface area contributed by atoms with Crippen molar-refractivity contribution in [2.45, 2.75) is 53.7 Å². The monoisotopic (exact) mass is 631 g/mol. The lowest BCUT2D eigenvalue weighted by Gasteiger charge is -2.29. The van der Waals surface area contributed by atoms with Gasteiger partial charge in [-0.15, -0.1) is 0 Å². The molecule has 0 unspecified atom stereocenters. The number of allylic oxidation sites excluding steroid dienone is 1. The Bertz CT molecular complexity index is 1950. The summed E-state index contributed by atoms with van der Waals surface area (Å²) in [6, 6.07) is 15.5. The van der Waals surface area contributed by atoms with Gasteiger partial charge in [-0.3, -0.25) is 14.2 Å². The van der Waals surface area contributed by atoms with E-state index in [-0.39, 0.29) is 23.5 Å². The molecule has 4 aromatic rings. The van der Waals surface area contributed by atoms with E-state index in [9.17, 15) is 14.4 Å². The number of benzene rings is 2. The molecular formula is C34H34ClN3O5S. The van der Waals surface area contributed by atoms with Crippen LogP contribution in [0.2, 0.25) is 5.02 Å². The van der Waals surface area contributed by atoms with Crippen molar-refractivity contribution in [3.05, 3.63) is 113 Å². The van der Waals surface area contributed by atoms with E-state index < -0.39 is 6.04 Å². The van der Waals surface area contributed by atoms with Crippen molar-refractivity contribution < 1.29 is 18.7 Å². The van der Waals surface area contributed by atoms with Crippen molar-refractivity contribution in [3.8, 4) is 11.3 Å². The predicted molar refractivity (Wildman–Crippen MR) is 173 cm³/mol. The zero-order valence-electron chi connectivity index (χ0n) is 25.5. The van der Waals surface area contributed by atoms with E-state index in [0.29, 0.717) is 55.8 Å². The third kappa shape index (κ3) is 6.07. The number of likely N-dealkylation sites (N-methyl/N-ethyl adjacent to an activating group) is 1. The molecule has 228 valence electrons. The van der Waals surface area contributed by atoms with Gasteiger partial charge in [0.15, 0.2) is 4.80 Å². The zero-order valence-corrected chi connectivity index (χ0v) is 27.1. The van der Waals surface area contributed by atoms with Gasteiger partial charge in [-0.05, 0) is 89.1 Å². The lowest BCUT2D eigenvalue weighted by Crippen LogP contribution is -2.43. The maximum atomic E-state index is 14.0. The average Bonchev–Trinajstić information content (AvgIpc) is 3.56. The average molecular weight is 632 g/mol. The fourth-order valence-electron chi connectivity index (χ4n) is 5.29. The van der Waals surface area contributed by atoms with Gasteiger partial charge in [-0.1, -0.05) is 41.1 Å². The van der Waals surface area contributed by atoms with E-state index in [1.54, 1.807) is 45.9 Å². The Kier molecular flexibility index (Phi) is 9.08. The molecule has 10 heteroatoms. The maximum absolute atomic E-state index is 14.0. The number of aromatic nitrogens is 1. The van der Waals surface area contributed by atoms with Gasteiger partial charge in [0.25, 0.3) is 11.5 Å². The van der Waals surface area contributed by atoms with Gasteiger partial charge in [0, 0.05) is 29.8 Å². The SMILES string of the molecule is CCN(CC)C(=O)C1=C(C)N=c2s/c(=C\c3ccc(-c4ccc(C(=O)OC(C)C)cc4C)o3)c(=O)n2[C@H]1c1ccc(Cl)cc1. The van der Waals surface area contributed by atoms with Gasteiger partial charge in [-0.2, -0.15) is 0 Å². The molecule has 3 heterocycles. The number of amides is 1. The van der Waals surface area contributed by atoms with Crippen LogP contribution in [0.15, 0.2) is 80.1 Å². The lowest BCUT2D eigenvalue weighted by molar-refractivity contribution is -0.127. The highest BCUT2D eigenvalue weighted by Crippen LogP contribution is 2.32. The summed E-state index contributed by atoms with van der Waals surface area (Å²) in [6.07, 6.45) is 1.49. The van der Waals surface area contributed by atoms with Gasteiger partial charge in [0.2, 0.25) is 0 Å². The normalized spacial score (nSPS) is 14.9. The molecule has 0 fully saturated rings. The number of rotatable bonds is 8. The number of hydrogen-bond donors (Lipinski definition) is 0. The minimum absolute atomic E-state index is 0.153. The molecule has 5 rings (SSSR count). The van der Waals surface area contributed by atoms with E-state index in [4.69, 9.17) is 25.7 Å². The number of hydrogen-bond acceptors (Lipinski definition) is 7. The molecule has 8 nitrogen and oxygen atoms in total. The number of fused-ring (bicyclic) bond motifs is 1. The van der Waals surface area contributed by atoms with Crippen molar-refractivity contribution in [3.63, 3.8) is 0 Å². The number of ether oxygens (including phenoxy) is 1. The molecule has 1 aliphatic rings. The van der Waals surface area contributed by atoms with E-state index in [1.807, 2.05) is 65.8 Å². The van der Waals surface area contributed by atoms with E-state index in [2.05, 4.69) is 0 Å². The first-order chi connectivity index (χ1) is 21.0. The maximum Gasteiger partial charge on any atom is 0.338 e. The summed E-state index contributed by atoms with van der Waals surface area (Å²) in [7, 11) is 0. The summed E-state index contributed by atoms with van der Waals surface area (Å²) in [5.74, 6) is 0.567. The summed E-state index contributed by atoms with van der Waals surface area (Å²) < 4.78 is 13.5. The van der Waals surface area contributed by atoms with Gasteiger partial charge in [-0.25, -0.2) is 9.79 Å². The Hall–Kier alpha value is -4.21. The molecule has 2 aromatic heterocycles. The summed E-state index contributed by atoms with van der Waals surface area (Å²) in [6.45, 7) is 12.3. The molecule has 1 atom stereocenters. The molecule has 0 bridgehead atoms. The Labute approximate surface area is 264 Å². The highest BCUT2D eigenvalue weighted by molar-refractivity contribution is 7.07. The standard InChI is InChI=1S/C34H34ClN3O5S/c1-7-37(8-2)32(40)29-21(6)36-34-38(30(29)22-9-12-24(35)13-10-22)31(39)28(44-34)18-25-14-16-27(43-25)26-15-11-23(17-20(26)5)33(41)42-19(3)4/h9-19,30H,7-8H2,1-6H3/b28-18-/t30-/m0/s1. The molecule has 0 aliphatic carbocycles. The molecule has 0 saturated carbocycles. The number of carbonyl (C=O) groups is 2. The van der Waals surface area contributed by atoms with E-state index in [1.165, 1.54) is 11.3 Å². The number of furan rings is 1. The van der Waals surface area contributed by atoms with Crippen LogP contribution in [0.1, 0.15) is 67.9 Å². The van der Waals surface area contributed by atoms with Crippen molar-refractivity contribution in [2.24, 2.45) is 4.99 Å². The van der Waals surface area contributed by atoms with Gasteiger partial charge in [0.05, 0.1) is 33.5 Å². The van der Waals surface area contributed by atoms with Crippen LogP contribution in [0.5, 0.6) is 0 Å². The molecule has 1 amide bonds. The van der Waals surface area contributed by atoms with Crippen LogP contribution in [0.25, 0.3) is 17.4 Å². The largest absolute Gasteiger partial charge is 0.459 e. The molecule has 44 heavy (non-hydrogen) atoms. The van der Waals surface area contributed by atoms with Crippen LogP contribution in [0, 0.1) is 6.92 Å². The summed E-state index contributed by atoms with van der Waals surface area (Å²) in [4.78, 5) is 47.0. The topological polar surface area (TPSA) is 94.1 Å². The predicted octanol–water partition coefficient (Wildman–Crippen LogP) is 5.89. The van der Waals surface area contributed by atoms with Crippen LogP contribution in [-0.2, 0) is 9.53 Å². The Morgan fingerprint density at radius 1 is 1.09 bits per heavy atom. The second-order valence-electron chi connectivity index (χ2n) is 10.8. The van der Waals surface area contributed by atoms with Gasteiger partial charge >= 0.3 is 5.97 Å². The van der Waals surface area contributed by atoms with Crippen molar-refractivity contribution in [2.75, 3.05) is 13.1 Å². The second kappa shape index (κ2) is 12.8. The highest BCUT2D eigenvalue weighted by atomic mass is 35.5. The Morgan fingerprint density at radius 3 is 2.43 bits per heavy atom. The summed E-state index contributed by atoms with van der Waals surface area (Å²) >= 11 is 7.43. The molecular weight excluding hydrogens is 598 g/mol. The molecule has 0 saturated heterocycles. The van der Waals surface area contributed by atoms with E-state index >= 15 is 0 Å². The first-order valence-corrected chi connectivity index (χ1v) is 15.7. The third-order valence-corrected chi connectivity index (χ3v) is 8.69. The lowest BCUT2D eigenvalue weighted by atomic mass is 9.94. The second-order valence-corrected chi connectivity index (χ2v) is 12.2. The molecule has 0 radical (unpaired) electrons. The minimum atomic E-state index is -0.658. The molecule has 2 aromatic carbocycles. The smallest absolute Gasteiger partial charge is 0.338 e. The van der Waals surface area contributed by atoms with Crippen molar-refractivity contribution in [1.29, 1.82) is 0 Å². The zero-order chi connectivity index (χ0) is 31.7. The summed E-state index contributed by atoms with van der Waals surface area (Å²) in [5, 5.41) is 0.562. The first-order valence-electron chi connectivity index (χ1n) is 14.5. The number of halogens is 1. The number of esters is 1. The van der Waals surface area contributed by atoms with Gasteiger partial charge in [0.1, 0.15) is 11.5 Å². The van der Waals surface area contributed by atoms with Crippen molar-refractivity contribution in [1.82, 2.24) is 9.47 Å². The van der Waals surface area contributed by atoms with Crippen LogP contribution >= 0.6 is 22.9 Å². The van der Waals surface area contributed by atoms with Gasteiger partial charge < -0.3 is 14.1 Å². The fourth-order valence-corrected chi connectivity index (χ4v) is 6.44. The van der Waals surface area contributed by atoms with Crippen LogP contribution in [0.3, 0.4) is 0 Å². The minimum Gasteiger partial charge on any atom is -0.459 e. The van der Waals surface area contributed by atoms with Crippen LogP contribution in [-0.4, -0.2) is 40.5 Å². The number of aryl methyl sites for hydroxylation is 1. The van der Waals surface area contributed by atoms with Crippen LogP contribution in [0.4, 0.5) is 0 Å². The molecule has 0 spiro atoms. The van der Waals surface area contributed by atoms with Crippen molar-refractivity contribution >= 4 is 40.9 Å². The number of nitrogens with zero attached hydrogens (tertiary/aromatic N) is 3. The number of carbonyl (C=O) groups excluding carboxylic acids is 2. The summed E-state index contributed by atoms with van der Waals surface area (Å²) in [5.41, 5.74) is 3.68. The number of thiazole rings is 1. The Balaban J connectivity index is 1.56. The molecule has 0 N–H and O–H groups in total. The van der Waals surface area contributed by atoms with Crippen LogP contribution < -0.4 is 14.9 Å². The quantitative estimate of drug-likeness (QED) is 0.226. The first kappa shape index (κ1) is 31.2. The highest BCUT2D eigenvalue weighted by Gasteiger charge is 2.34. The third-order valence-electron chi connectivity index (χ3n) is 7.46. The fraction of sp³-hybridized carbons (Fsp3) is 0.294. The van der Waals surface area contributed by atoms with E-state index in [0.717, 1.165) is 16.7 Å². The Morgan fingerprint density at radius 2 is 1.80 bits per heavy atom. The molecule has 1 aliphatic heterocycles.